The zero-order valence-electron chi connectivity index (χ0n) is 21.3. The molecule has 1 fully saturated rings. The molecule has 1 saturated heterocycles. The molecule has 4 atom stereocenters. The highest BCUT2D eigenvalue weighted by Gasteiger charge is 2.38. The van der Waals surface area contributed by atoms with E-state index in [-0.39, 0.29) is 37.2 Å². The molecule has 6 nitrogen and oxygen atoms in total. The van der Waals surface area contributed by atoms with E-state index in [4.69, 9.17) is 9.47 Å². The van der Waals surface area contributed by atoms with Gasteiger partial charge in [0.05, 0.1) is 25.4 Å². The van der Waals surface area contributed by atoms with Gasteiger partial charge >= 0.3 is 0 Å². The third-order valence-corrected chi connectivity index (χ3v) is 7.72. The molecule has 37 heavy (non-hydrogen) atoms. The summed E-state index contributed by atoms with van der Waals surface area (Å²) in [5.41, 5.74) is 6.03. The number of carbonyl (C=O) groups is 1. The standard InChI is InChI=1S/C30H35NO5S/c1-20-28(19-37-16-15-32)35-30(36-29(20)24-9-7-22(18-33)8-10-24)25-13-11-23(12-14-25)27-6-4-3-5-26(27)17-31-21(2)34/h3-14,20,28-30,32-33H,15-19H2,1-2H3,(H,31,34)/t20-,28+,29+,30+/m0/s1. The molecule has 0 spiro atoms. The van der Waals surface area contributed by atoms with Gasteiger partial charge in [-0.15, -0.1) is 0 Å². The molecule has 0 unspecified atom stereocenters. The van der Waals surface area contributed by atoms with Gasteiger partial charge < -0.3 is 25.0 Å². The molecule has 1 amide bonds. The van der Waals surface area contributed by atoms with Crippen LogP contribution in [0, 0.1) is 5.92 Å². The van der Waals surface area contributed by atoms with Crippen molar-refractivity contribution >= 4 is 17.7 Å². The van der Waals surface area contributed by atoms with Gasteiger partial charge in [-0.1, -0.05) is 79.7 Å². The molecule has 1 aliphatic heterocycles. The molecule has 3 aromatic rings. The summed E-state index contributed by atoms with van der Waals surface area (Å²) in [5.74, 6) is 1.49. The fourth-order valence-electron chi connectivity index (χ4n) is 4.57. The lowest BCUT2D eigenvalue weighted by Crippen LogP contribution is -2.38. The quantitative estimate of drug-likeness (QED) is 0.326. The van der Waals surface area contributed by atoms with Gasteiger partial charge in [-0.2, -0.15) is 11.8 Å². The molecule has 1 aliphatic rings. The van der Waals surface area contributed by atoms with Crippen molar-refractivity contribution in [2.45, 2.75) is 45.5 Å². The minimum Gasteiger partial charge on any atom is -0.396 e. The number of nitrogens with one attached hydrogen (secondary N) is 1. The van der Waals surface area contributed by atoms with Crippen LogP contribution >= 0.6 is 11.8 Å². The highest BCUT2D eigenvalue weighted by Crippen LogP contribution is 2.42. The van der Waals surface area contributed by atoms with Crippen molar-refractivity contribution in [1.29, 1.82) is 0 Å². The van der Waals surface area contributed by atoms with Crippen LogP contribution in [-0.2, 0) is 27.4 Å². The number of ether oxygens (including phenoxy) is 2. The highest BCUT2D eigenvalue weighted by molar-refractivity contribution is 7.99. The zero-order valence-corrected chi connectivity index (χ0v) is 22.1. The summed E-state index contributed by atoms with van der Waals surface area (Å²) < 4.78 is 13.0. The van der Waals surface area contributed by atoms with Gasteiger partial charge in [0, 0.05) is 36.5 Å². The van der Waals surface area contributed by atoms with Crippen molar-refractivity contribution in [3.8, 4) is 11.1 Å². The second kappa shape index (κ2) is 13.2. The second-order valence-electron chi connectivity index (χ2n) is 9.31. The summed E-state index contributed by atoms with van der Waals surface area (Å²) in [6.45, 7) is 4.28. The minimum absolute atomic E-state index is 0.00775. The smallest absolute Gasteiger partial charge is 0.217 e. The van der Waals surface area contributed by atoms with E-state index in [9.17, 15) is 15.0 Å². The van der Waals surface area contributed by atoms with Gasteiger partial charge in [-0.25, -0.2) is 0 Å². The van der Waals surface area contributed by atoms with Crippen molar-refractivity contribution in [2.24, 2.45) is 5.92 Å². The van der Waals surface area contributed by atoms with Crippen LogP contribution in [0.1, 0.15) is 48.5 Å². The van der Waals surface area contributed by atoms with Crippen LogP contribution < -0.4 is 5.32 Å². The lowest BCUT2D eigenvalue weighted by atomic mass is 9.91. The third-order valence-electron chi connectivity index (χ3n) is 6.68. The van der Waals surface area contributed by atoms with E-state index in [1.54, 1.807) is 11.8 Å². The van der Waals surface area contributed by atoms with Gasteiger partial charge in [-0.05, 0) is 27.8 Å². The van der Waals surface area contributed by atoms with Crippen LogP contribution in [0.5, 0.6) is 0 Å². The number of hydrogen-bond acceptors (Lipinski definition) is 6. The summed E-state index contributed by atoms with van der Waals surface area (Å²) in [5, 5.41) is 21.6. The topological polar surface area (TPSA) is 88.0 Å². The van der Waals surface area contributed by atoms with Gasteiger partial charge in [0.25, 0.3) is 0 Å². The molecule has 0 aromatic heterocycles. The first-order valence-corrected chi connectivity index (χ1v) is 13.8. The summed E-state index contributed by atoms with van der Waals surface area (Å²) in [4.78, 5) is 11.4. The molecular weight excluding hydrogens is 486 g/mol. The van der Waals surface area contributed by atoms with E-state index in [0.717, 1.165) is 39.1 Å². The van der Waals surface area contributed by atoms with Crippen molar-refractivity contribution in [2.75, 3.05) is 18.1 Å². The average Bonchev–Trinajstić information content (AvgIpc) is 2.93. The Labute approximate surface area is 223 Å². The monoisotopic (exact) mass is 521 g/mol. The number of carbonyl (C=O) groups excluding carboxylic acids is 1. The van der Waals surface area contributed by atoms with E-state index in [1.165, 1.54) is 6.92 Å². The lowest BCUT2D eigenvalue weighted by molar-refractivity contribution is -0.268. The molecule has 0 saturated carbocycles. The van der Waals surface area contributed by atoms with Gasteiger partial charge in [-0.3, -0.25) is 4.79 Å². The van der Waals surface area contributed by atoms with Crippen LogP contribution in [0.25, 0.3) is 11.1 Å². The summed E-state index contributed by atoms with van der Waals surface area (Å²) in [6, 6.07) is 24.1. The van der Waals surface area contributed by atoms with Gasteiger partial charge in [0.2, 0.25) is 5.91 Å². The molecule has 3 aromatic carbocycles. The van der Waals surface area contributed by atoms with E-state index >= 15 is 0 Å². The van der Waals surface area contributed by atoms with E-state index in [2.05, 4.69) is 30.4 Å². The number of amides is 1. The minimum atomic E-state index is -0.526. The SMILES string of the molecule is CC(=O)NCc1ccccc1-c1ccc([C@@H]2O[C@H](CSCCO)[C@H](C)[C@H](c3ccc(CO)cc3)O2)cc1. The van der Waals surface area contributed by atoms with Crippen molar-refractivity contribution in [1.82, 2.24) is 5.32 Å². The summed E-state index contributed by atoms with van der Waals surface area (Å²) in [6.07, 6.45) is -0.734. The fraction of sp³-hybridized carbons (Fsp3) is 0.367. The lowest BCUT2D eigenvalue weighted by Gasteiger charge is -2.41. The predicted octanol–water partition coefficient (Wildman–Crippen LogP) is 5.00. The molecule has 1 heterocycles. The van der Waals surface area contributed by atoms with E-state index < -0.39 is 6.29 Å². The Morgan fingerprint density at radius 3 is 2.32 bits per heavy atom. The number of aliphatic hydroxyl groups excluding tert-OH is 2. The van der Waals surface area contributed by atoms with E-state index in [0.29, 0.717) is 12.3 Å². The van der Waals surface area contributed by atoms with Gasteiger partial charge in [0.1, 0.15) is 0 Å². The maximum atomic E-state index is 11.4. The maximum Gasteiger partial charge on any atom is 0.217 e. The Hall–Kier alpha value is -2.68. The summed E-state index contributed by atoms with van der Waals surface area (Å²) in [7, 11) is 0. The molecule has 0 bridgehead atoms. The third kappa shape index (κ3) is 7.00. The van der Waals surface area contributed by atoms with Crippen LogP contribution in [0.3, 0.4) is 0 Å². The van der Waals surface area contributed by atoms with Crippen molar-refractivity contribution < 1.29 is 24.5 Å². The first-order chi connectivity index (χ1) is 18.0. The average molecular weight is 522 g/mol. The number of thioether (sulfide) groups is 1. The molecular formula is C30H35NO5S. The second-order valence-corrected chi connectivity index (χ2v) is 10.5. The predicted molar refractivity (Wildman–Crippen MR) is 147 cm³/mol. The maximum absolute atomic E-state index is 11.4. The normalized spacial score (nSPS) is 21.5. The Balaban J connectivity index is 1.57. The van der Waals surface area contributed by atoms with E-state index in [1.807, 2.05) is 54.6 Å². The number of benzene rings is 3. The Morgan fingerprint density at radius 2 is 1.65 bits per heavy atom. The van der Waals surface area contributed by atoms with Crippen LogP contribution in [0.15, 0.2) is 72.8 Å². The molecule has 0 aliphatic carbocycles. The largest absolute Gasteiger partial charge is 0.396 e. The first kappa shape index (κ1) is 27.4. The number of hydrogen-bond donors (Lipinski definition) is 3. The van der Waals surface area contributed by atoms with Crippen LogP contribution in [0.4, 0.5) is 0 Å². The highest BCUT2D eigenvalue weighted by atomic mass is 32.2. The molecule has 7 heteroatoms. The van der Waals surface area contributed by atoms with Crippen LogP contribution in [-0.4, -0.2) is 40.3 Å². The summed E-state index contributed by atoms with van der Waals surface area (Å²) >= 11 is 1.68. The molecule has 3 N–H and O–H groups in total. The van der Waals surface area contributed by atoms with Gasteiger partial charge in [0.15, 0.2) is 6.29 Å². The fourth-order valence-corrected chi connectivity index (χ4v) is 5.48. The first-order valence-electron chi connectivity index (χ1n) is 12.6. The van der Waals surface area contributed by atoms with Crippen molar-refractivity contribution in [3.63, 3.8) is 0 Å². The van der Waals surface area contributed by atoms with Crippen molar-refractivity contribution in [3.05, 3.63) is 95.1 Å². The zero-order chi connectivity index (χ0) is 26.2. The Bertz CT molecular complexity index is 1150. The molecule has 4 rings (SSSR count). The number of aliphatic hydroxyl groups is 2. The number of rotatable bonds is 10. The molecule has 196 valence electrons. The Morgan fingerprint density at radius 1 is 0.946 bits per heavy atom. The van der Waals surface area contributed by atoms with Crippen LogP contribution in [0.2, 0.25) is 0 Å². The molecule has 0 radical (unpaired) electrons. The Kier molecular flexibility index (Phi) is 9.77.